The van der Waals surface area contributed by atoms with E-state index < -0.39 is 9.84 Å². The molecule has 5 nitrogen and oxygen atoms in total. The summed E-state index contributed by atoms with van der Waals surface area (Å²) < 4.78 is 24.2. The second-order valence-electron chi connectivity index (χ2n) is 9.83. The molecule has 166 valence electrons. The minimum Gasteiger partial charge on any atom is -0.335 e. The number of carbonyl (C=O) groups excluding carboxylic acids is 1. The summed E-state index contributed by atoms with van der Waals surface area (Å²) in [5, 5.41) is 0. The predicted molar refractivity (Wildman–Crippen MR) is 120 cm³/mol. The van der Waals surface area contributed by atoms with Crippen LogP contribution in [-0.2, 0) is 21.2 Å². The molecule has 1 atom stereocenters. The largest absolute Gasteiger partial charge is 0.335 e. The van der Waals surface area contributed by atoms with Crippen LogP contribution in [-0.4, -0.2) is 60.3 Å². The summed E-state index contributed by atoms with van der Waals surface area (Å²) in [6.07, 6.45) is 7.22. The molecule has 4 rings (SSSR count). The second-order valence-corrected chi connectivity index (χ2v) is 12.1. The summed E-state index contributed by atoms with van der Waals surface area (Å²) in [7, 11) is -3.00. The molecule has 1 heterocycles. The fourth-order valence-corrected chi connectivity index (χ4v) is 6.85. The van der Waals surface area contributed by atoms with E-state index in [0.717, 1.165) is 45.1 Å². The summed E-state index contributed by atoms with van der Waals surface area (Å²) in [5.74, 6) is 1.02. The van der Waals surface area contributed by atoms with E-state index in [1.165, 1.54) is 11.1 Å². The molecule has 0 spiro atoms. The van der Waals surface area contributed by atoms with E-state index in [9.17, 15) is 13.2 Å². The van der Waals surface area contributed by atoms with Crippen molar-refractivity contribution in [2.24, 2.45) is 0 Å². The number of hydrogen-bond acceptors (Lipinski definition) is 4. The van der Waals surface area contributed by atoms with Gasteiger partial charge in [0.15, 0.2) is 9.84 Å². The third kappa shape index (κ3) is 5.25. The van der Waals surface area contributed by atoms with Gasteiger partial charge in [0.2, 0.25) is 5.91 Å². The van der Waals surface area contributed by atoms with E-state index in [1.54, 1.807) is 0 Å². The van der Waals surface area contributed by atoms with Crippen LogP contribution in [0.1, 0.15) is 75.8 Å². The molecule has 6 heteroatoms. The zero-order valence-electron chi connectivity index (χ0n) is 18.4. The van der Waals surface area contributed by atoms with E-state index in [0.29, 0.717) is 24.9 Å². The lowest BCUT2D eigenvalue weighted by Crippen LogP contribution is -2.50. The highest BCUT2D eigenvalue weighted by atomic mass is 32.2. The average molecular weight is 433 g/mol. The molecular formula is C24H36N2O3S. The number of carbonyl (C=O) groups is 1. The highest BCUT2D eigenvalue weighted by Gasteiger charge is 2.40. The third-order valence-electron chi connectivity index (χ3n) is 7.04. The Bertz CT molecular complexity index is 840. The van der Waals surface area contributed by atoms with Gasteiger partial charge < -0.3 is 4.90 Å². The molecule has 0 aromatic heterocycles. The van der Waals surface area contributed by atoms with Gasteiger partial charge in [0.25, 0.3) is 0 Å². The van der Waals surface area contributed by atoms with Gasteiger partial charge in [0.05, 0.1) is 18.1 Å². The Hall–Kier alpha value is -1.40. The Labute approximate surface area is 181 Å². The summed E-state index contributed by atoms with van der Waals surface area (Å²) in [6.45, 7) is 5.59. The van der Waals surface area contributed by atoms with E-state index in [1.807, 2.05) is 4.90 Å². The molecule has 2 saturated carbocycles. The molecule has 3 aliphatic rings. The Balaban J connectivity index is 1.46. The Morgan fingerprint density at radius 2 is 1.63 bits per heavy atom. The molecule has 1 amide bonds. The molecule has 3 fully saturated rings. The smallest absolute Gasteiger partial charge is 0.237 e. The molecule has 1 aliphatic heterocycles. The van der Waals surface area contributed by atoms with Gasteiger partial charge in [0.1, 0.15) is 0 Å². The molecule has 1 saturated heterocycles. The van der Waals surface area contributed by atoms with Gasteiger partial charge >= 0.3 is 0 Å². The maximum absolute atomic E-state index is 13.5. The zero-order valence-corrected chi connectivity index (χ0v) is 19.2. The van der Waals surface area contributed by atoms with Crippen molar-refractivity contribution in [3.05, 3.63) is 35.4 Å². The van der Waals surface area contributed by atoms with Gasteiger partial charge in [-0.1, -0.05) is 51.0 Å². The first-order valence-electron chi connectivity index (χ1n) is 11.7. The third-order valence-corrected chi connectivity index (χ3v) is 8.79. The van der Waals surface area contributed by atoms with Crippen molar-refractivity contribution >= 4 is 15.7 Å². The van der Waals surface area contributed by atoms with Gasteiger partial charge in [-0.15, -0.1) is 0 Å². The topological polar surface area (TPSA) is 57.7 Å². The second kappa shape index (κ2) is 8.99. The fraction of sp³-hybridized carbons (Fsp3) is 0.708. The number of benzene rings is 1. The Morgan fingerprint density at radius 1 is 0.967 bits per heavy atom. The van der Waals surface area contributed by atoms with E-state index >= 15 is 0 Å². The van der Waals surface area contributed by atoms with E-state index in [-0.39, 0.29) is 29.5 Å². The standard InChI is InChI=1S/C24H36N2O3S/c1-18(2)20-9-7-19(8-10-20)15-25(21-11-12-21)16-24(27)26(22-5-3-4-6-22)23-13-14-30(28,29)17-23/h7-10,18,21-23H,3-6,11-17H2,1-2H3/t23-/m0/s1. The summed E-state index contributed by atoms with van der Waals surface area (Å²) in [6, 6.07) is 9.35. The first kappa shape index (κ1) is 21.8. The van der Waals surface area contributed by atoms with Crippen LogP contribution in [0.5, 0.6) is 0 Å². The van der Waals surface area contributed by atoms with Crippen molar-refractivity contribution in [1.29, 1.82) is 0 Å². The number of amides is 1. The summed E-state index contributed by atoms with van der Waals surface area (Å²) >= 11 is 0. The van der Waals surface area contributed by atoms with Crippen LogP contribution in [0, 0.1) is 0 Å². The first-order valence-corrected chi connectivity index (χ1v) is 13.5. The molecule has 1 aromatic rings. The van der Waals surface area contributed by atoms with Crippen LogP contribution >= 0.6 is 0 Å². The lowest BCUT2D eigenvalue weighted by atomic mass is 10.0. The van der Waals surface area contributed by atoms with Gasteiger partial charge in [-0.25, -0.2) is 8.42 Å². The van der Waals surface area contributed by atoms with Crippen LogP contribution in [0.25, 0.3) is 0 Å². The Morgan fingerprint density at radius 3 is 2.17 bits per heavy atom. The molecular weight excluding hydrogens is 396 g/mol. The minimum atomic E-state index is -3.00. The quantitative estimate of drug-likeness (QED) is 0.628. The van der Waals surface area contributed by atoms with Crippen LogP contribution in [0.2, 0.25) is 0 Å². The zero-order chi connectivity index (χ0) is 21.3. The summed E-state index contributed by atoms with van der Waals surface area (Å²) in [5.41, 5.74) is 2.58. The maximum atomic E-state index is 13.5. The SMILES string of the molecule is CC(C)c1ccc(CN(CC(=O)N(C2CCCC2)[C@H]2CCS(=O)(=O)C2)C2CC2)cc1. The number of rotatable bonds is 8. The average Bonchev–Trinajstić information content (AvgIpc) is 3.30. The number of hydrogen-bond donors (Lipinski definition) is 0. The van der Waals surface area contributed by atoms with E-state index in [4.69, 9.17) is 0 Å². The van der Waals surface area contributed by atoms with Crippen molar-refractivity contribution in [2.75, 3.05) is 18.1 Å². The monoisotopic (exact) mass is 432 g/mol. The highest BCUT2D eigenvalue weighted by Crippen LogP contribution is 2.32. The summed E-state index contributed by atoms with van der Waals surface area (Å²) in [4.78, 5) is 17.8. The minimum absolute atomic E-state index is 0.128. The van der Waals surface area contributed by atoms with Crippen LogP contribution in [0.4, 0.5) is 0 Å². The molecule has 30 heavy (non-hydrogen) atoms. The van der Waals surface area contributed by atoms with Gasteiger partial charge in [-0.05, 0) is 49.1 Å². The van der Waals surface area contributed by atoms with Crippen molar-refractivity contribution < 1.29 is 13.2 Å². The number of sulfone groups is 1. The number of nitrogens with zero attached hydrogens (tertiary/aromatic N) is 2. The predicted octanol–water partition coefficient (Wildman–Crippen LogP) is 3.73. The molecule has 0 N–H and O–H groups in total. The van der Waals surface area contributed by atoms with Gasteiger partial charge in [0, 0.05) is 24.7 Å². The molecule has 0 radical (unpaired) electrons. The van der Waals surface area contributed by atoms with Crippen LogP contribution in [0.3, 0.4) is 0 Å². The van der Waals surface area contributed by atoms with Crippen molar-refractivity contribution in [3.8, 4) is 0 Å². The molecule has 0 unspecified atom stereocenters. The maximum Gasteiger partial charge on any atom is 0.237 e. The Kier molecular flexibility index (Phi) is 6.54. The molecule has 1 aromatic carbocycles. The van der Waals surface area contributed by atoms with Crippen molar-refractivity contribution in [2.45, 2.75) is 89.4 Å². The fourth-order valence-electron chi connectivity index (χ4n) is 5.13. The van der Waals surface area contributed by atoms with E-state index in [2.05, 4.69) is 43.0 Å². The van der Waals surface area contributed by atoms with Crippen molar-refractivity contribution in [1.82, 2.24) is 9.80 Å². The van der Waals surface area contributed by atoms with Gasteiger partial charge in [-0.3, -0.25) is 9.69 Å². The highest BCUT2D eigenvalue weighted by molar-refractivity contribution is 7.91. The van der Waals surface area contributed by atoms with Crippen LogP contribution < -0.4 is 0 Å². The molecule has 2 aliphatic carbocycles. The molecule has 0 bridgehead atoms. The first-order chi connectivity index (χ1) is 14.3. The normalized spacial score (nSPS) is 24.1. The lowest BCUT2D eigenvalue weighted by Gasteiger charge is -2.36. The van der Waals surface area contributed by atoms with Gasteiger partial charge in [-0.2, -0.15) is 0 Å². The van der Waals surface area contributed by atoms with Crippen LogP contribution in [0.15, 0.2) is 24.3 Å². The lowest BCUT2D eigenvalue weighted by molar-refractivity contribution is -0.137. The van der Waals surface area contributed by atoms with Crippen molar-refractivity contribution in [3.63, 3.8) is 0 Å².